The number of halogens is 1. The fourth-order valence-electron chi connectivity index (χ4n) is 12.7. The molecule has 0 spiro atoms. The van der Waals surface area contributed by atoms with Gasteiger partial charge >= 0.3 is 23.9 Å². The van der Waals surface area contributed by atoms with Crippen molar-refractivity contribution in [3.8, 4) is 61.8 Å². The van der Waals surface area contributed by atoms with Crippen LogP contribution in [-0.4, -0.2) is 84.2 Å². The molecule has 0 aliphatic carbocycles. The van der Waals surface area contributed by atoms with Gasteiger partial charge in [-0.15, -0.1) is 0 Å². The third-order valence-corrected chi connectivity index (χ3v) is 18.9. The van der Waals surface area contributed by atoms with Crippen LogP contribution in [0.25, 0.3) is 87.6 Å². The number of nitrogens with one attached hydrogen (secondary N) is 2. The van der Waals surface area contributed by atoms with Crippen LogP contribution in [0.2, 0.25) is 0 Å². The van der Waals surface area contributed by atoms with Crippen molar-refractivity contribution in [2.75, 3.05) is 49.4 Å². The highest BCUT2D eigenvalue weighted by atomic mass is 35.5. The molecule has 117 heavy (non-hydrogen) atoms. The van der Waals surface area contributed by atoms with E-state index in [2.05, 4.69) is 28.8 Å². The van der Waals surface area contributed by atoms with Crippen molar-refractivity contribution in [2.45, 2.75) is 34.6 Å². The molecule has 15 aromatic rings. The normalized spacial score (nSPS) is 10.5. The average Bonchev–Trinajstić information content (AvgIpc) is 0.806. The van der Waals surface area contributed by atoms with Crippen LogP contribution >= 0.6 is 11.6 Å². The molecule has 2 amide bonds. The van der Waals surface area contributed by atoms with E-state index in [-0.39, 0.29) is 31.0 Å². The Labute approximate surface area is 682 Å². The molecule has 0 unspecified atom stereocenters. The maximum Gasteiger partial charge on any atom is 0.344 e. The van der Waals surface area contributed by atoms with Crippen molar-refractivity contribution in [2.24, 2.45) is 0 Å². The Morgan fingerprint density at radius 2 is 0.615 bits per heavy atom. The SMILES string of the molecule is CCOC(=O)COc1ccc(C)c(N)c1.CCOC(=O)COc1ccc(C)c(NC(=O)c2cc(-c3ccccc3)cc3ccccc23)c1.Cc1ccc(OCC(=O)O)cc1NC(=O)c1cc(-c2ccccc2)cc2ccccc12.O=C(Cl)c1cc(-c2ccccc2)cc2ccccc12.O=C(O)c1cc(-c2ccccc2)cc2ccccc12. The number of hydrogen-bond acceptors (Lipinski definition) is 13. The molecule has 15 aromatic carbocycles. The Morgan fingerprint density at radius 3 is 0.940 bits per heavy atom. The van der Waals surface area contributed by atoms with Crippen LogP contribution in [0.4, 0.5) is 17.1 Å². The van der Waals surface area contributed by atoms with Crippen molar-refractivity contribution in [3.63, 3.8) is 0 Å². The number of fused-ring (bicyclic) bond motifs is 4. The number of carboxylic acid groups (broad SMARTS) is 2. The van der Waals surface area contributed by atoms with E-state index < -0.39 is 29.8 Å². The van der Waals surface area contributed by atoms with Crippen molar-refractivity contribution in [1.82, 2.24) is 0 Å². The minimum Gasteiger partial charge on any atom is -0.482 e. The number of carboxylic acids is 2. The van der Waals surface area contributed by atoms with Gasteiger partial charge in [0, 0.05) is 52.0 Å². The number of carbonyl (C=O) groups is 7. The number of aryl methyl sites for hydroxylation is 3. The minimum absolute atomic E-state index is 0.0870. The van der Waals surface area contributed by atoms with Gasteiger partial charge in [0.2, 0.25) is 0 Å². The predicted molar refractivity (Wildman–Crippen MR) is 466 cm³/mol. The predicted octanol–water partition coefficient (Wildman–Crippen LogP) is 22.2. The number of nitrogens with two attached hydrogens (primary N) is 1. The molecule has 17 nitrogen and oxygen atoms in total. The molecule has 0 aliphatic heterocycles. The Balaban J connectivity index is 0.000000148. The summed E-state index contributed by atoms with van der Waals surface area (Å²) >= 11 is 5.70. The van der Waals surface area contributed by atoms with Gasteiger partial charge in [-0.1, -0.05) is 237 Å². The van der Waals surface area contributed by atoms with Gasteiger partial charge in [0.1, 0.15) is 17.2 Å². The quantitative estimate of drug-likeness (QED) is 0.0255. The van der Waals surface area contributed by atoms with Gasteiger partial charge in [-0.3, -0.25) is 14.4 Å². The van der Waals surface area contributed by atoms with Gasteiger partial charge in [0.15, 0.2) is 19.8 Å². The highest BCUT2D eigenvalue weighted by molar-refractivity contribution is 6.68. The summed E-state index contributed by atoms with van der Waals surface area (Å²) < 4.78 is 25.6. The van der Waals surface area contributed by atoms with Crippen LogP contribution in [-0.2, 0) is 23.9 Å². The first kappa shape index (κ1) is 83.3. The Bertz CT molecular complexity index is 5930. The van der Waals surface area contributed by atoms with Gasteiger partial charge in [-0.05, 0) is 217 Å². The van der Waals surface area contributed by atoms with Crippen LogP contribution in [0.15, 0.2) is 322 Å². The molecule has 6 N–H and O–H groups in total. The van der Waals surface area contributed by atoms with E-state index in [0.29, 0.717) is 69.8 Å². The summed E-state index contributed by atoms with van der Waals surface area (Å²) in [6.07, 6.45) is 0. The average molecular weight is 1580 g/mol. The molecule has 0 saturated carbocycles. The maximum atomic E-state index is 13.4. The first-order valence-electron chi connectivity index (χ1n) is 37.6. The second-order valence-electron chi connectivity index (χ2n) is 26.8. The lowest BCUT2D eigenvalue weighted by atomic mass is 9.96. The fraction of sp³-hybridized carbons (Fsp3) is 0.101. The van der Waals surface area contributed by atoms with Crippen LogP contribution in [0.5, 0.6) is 17.2 Å². The van der Waals surface area contributed by atoms with Crippen LogP contribution < -0.4 is 30.6 Å². The van der Waals surface area contributed by atoms with Crippen molar-refractivity contribution in [3.05, 3.63) is 360 Å². The highest BCUT2D eigenvalue weighted by Crippen LogP contribution is 2.35. The zero-order valence-corrected chi connectivity index (χ0v) is 65.6. The summed E-state index contributed by atoms with van der Waals surface area (Å²) in [6.45, 7) is 9.12. The molecule has 0 bridgehead atoms. The molecule has 0 radical (unpaired) electrons. The van der Waals surface area contributed by atoms with Crippen molar-refractivity contribution in [1.29, 1.82) is 0 Å². The van der Waals surface area contributed by atoms with E-state index >= 15 is 0 Å². The Kier molecular flexibility index (Phi) is 29.0. The molecule has 0 fully saturated rings. The standard InChI is InChI=1S/C28H25NO4.C26H21NO4.C17H11ClO.C17H12O2.C11H15NO3/c1-3-32-27(30)18-33-23-14-13-19(2)26(17-23)29-28(31)25-16-22(20-9-5-4-6-10-20)15-21-11-7-8-12-24(21)25;1-17-11-12-21(31-16-25(28)29)15-24(17)27-26(30)23-14-20(18-7-3-2-4-8-18)13-19-9-5-6-10-22(19)23;2*18-17(19)16-11-14(12-6-2-1-3-7-12)10-13-8-4-5-9-15(13)16;1-3-14-11(13)7-15-9-5-4-8(2)10(12)6-9/h4-17H,3,18H2,1-2H3,(H,29,31);2-15H,16H2,1H3,(H,27,30)(H,28,29);1-11H;1-11H,(H,18,19);4-6H,3,7,12H2,1-2H3. The first-order chi connectivity index (χ1) is 56.7. The number of amides is 2. The summed E-state index contributed by atoms with van der Waals surface area (Å²) in [5, 5.41) is 31.1. The highest BCUT2D eigenvalue weighted by Gasteiger charge is 2.19. The first-order valence-corrected chi connectivity index (χ1v) is 38.0. The summed E-state index contributed by atoms with van der Waals surface area (Å²) in [5.41, 5.74) is 20.3. The summed E-state index contributed by atoms with van der Waals surface area (Å²) in [6, 6.07) is 102. The third kappa shape index (κ3) is 22.8. The van der Waals surface area contributed by atoms with Gasteiger partial charge < -0.3 is 50.3 Å². The lowest BCUT2D eigenvalue weighted by Crippen LogP contribution is -2.15. The topological polar surface area (TPSA) is 256 Å². The monoisotopic (exact) mass is 1570 g/mol. The minimum atomic E-state index is -1.06. The van der Waals surface area contributed by atoms with Crippen molar-refractivity contribution < 1.29 is 67.5 Å². The lowest BCUT2D eigenvalue weighted by molar-refractivity contribution is -0.146. The molecule has 18 heteroatoms. The molecule has 0 aliphatic rings. The number of ether oxygens (including phenoxy) is 5. The van der Waals surface area contributed by atoms with Crippen LogP contribution in [0, 0.1) is 20.8 Å². The van der Waals surface area contributed by atoms with Gasteiger partial charge in [-0.2, -0.15) is 0 Å². The summed E-state index contributed by atoms with van der Waals surface area (Å²) in [5.74, 6) is -1.79. The van der Waals surface area contributed by atoms with E-state index in [1.165, 1.54) is 0 Å². The van der Waals surface area contributed by atoms with Crippen LogP contribution in [0.3, 0.4) is 0 Å². The molecule has 0 heterocycles. The number of esters is 2. The van der Waals surface area contributed by atoms with E-state index in [0.717, 1.165) is 104 Å². The fourth-order valence-corrected chi connectivity index (χ4v) is 12.9. The molecule has 15 rings (SSSR count). The third-order valence-electron chi connectivity index (χ3n) is 18.7. The number of hydrogen-bond donors (Lipinski definition) is 5. The Hall–Kier alpha value is -14.7. The number of anilines is 3. The van der Waals surface area contributed by atoms with E-state index in [1.54, 1.807) is 62.4 Å². The van der Waals surface area contributed by atoms with E-state index in [9.17, 15) is 38.7 Å². The van der Waals surface area contributed by atoms with Crippen LogP contribution in [0.1, 0.15) is 72.0 Å². The lowest BCUT2D eigenvalue weighted by Gasteiger charge is -2.14. The Morgan fingerprint density at radius 1 is 0.325 bits per heavy atom. The molecular formula is C99H84ClN3O14. The molecular weight excluding hydrogens is 1490 g/mol. The largest absolute Gasteiger partial charge is 0.482 e. The second-order valence-corrected chi connectivity index (χ2v) is 27.1. The zero-order chi connectivity index (χ0) is 82.7. The van der Waals surface area contributed by atoms with Gasteiger partial charge in [-0.25, -0.2) is 19.2 Å². The number of benzene rings is 15. The molecule has 0 aromatic heterocycles. The number of aliphatic carboxylic acids is 1. The summed E-state index contributed by atoms with van der Waals surface area (Å²) in [4.78, 5) is 83.0. The summed E-state index contributed by atoms with van der Waals surface area (Å²) in [7, 11) is 0. The maximum absolute atomic E-state index is 13.4. The molecule has 0 atom stereocenters. The smallest absolute Gasteiger partial charge is 0.344 e. The number of aromatic carboxylic acids is 1. The number of carbonyl (C=O) groups excluding carboxylic acids is 5. The second kappa shape index (κ2) is 40.7. The molecule has 586 valence electrons. The van der Waals surface area contributed by atoms with E-state index in [4.69, 9.17) is 46.1 Å². The molecule has 0 saturated heterocycles. The van der Waals surface area contributed by atoms with Gasteiger partial charge in [0.25, 0.3) is 17.1 Å². The zero-order valence-electron chi connectivity index (χ0n) is 64.9. The van der Waals surface area contributed by atoms with E-state index in [1.807, 2.05) is 276 Å². The number of nitrogen functional groups attached to an aromatic ring is 1. The van der Waals surface area contributed by atoms with Crippen molar-refractivity contribution >= 4 is 113 Å². The number of rotatable bonds is 21. The van der Waals surface area contributed by atoms with Gasteiger partial charge in [0.05, 0.1) is 18.8 Å².